The van der Waals surface area contributed by atoms with E-state index in [-0.39, 0.29) is 5.60 Å². The molecule has 1 aromatic heterocycles. The normalized spacial score (nSPS) is 23.5. The van der Waals surface area contributed by atoms with Gasteiger partial charge in [0, 0.05) is 24.2 Å². The minimum atomic E-state index is 0.0339. The Bertz CT molecular complexity index is 364. The van der Waals surface area contributed by atoms with E-state index in [1.54, 1.807) is 0 Å². The predicted molar refractivity (Wildman–Crippen MR) is 70.2 cm³/mol. The highest BCUT2D eigenvalue weighted by Gasteiger charge is 2.34. The van der Waals surface area contributed by atoms with Crippen LogP contribution in [0.2, 0.25) is 0 Å². The number of nitrogens with one attached hydrogen (secondary N) is 1. The summed E-state index contributed by atoms with van der Waals surface area (Å²) in [5.41, 5.74) is 5.55. The first kappa shape index (κ1) is 12.6. The van der Waals surface area contributed by atoms with Crippen LogP contribution in [0.3, 0.4) is 0 Å². The van der Waals surface area contributed by atoms with E-state index < -0.39 is 0 Å². The molecule has 3 N–H and O–H groups in total. The van der Waals surface area contributed by atoms with Gasteiger partial charge >= 0.3 is 0 Å². The van der Waals surface area contributed by atoms with Crippen LogP contribution in [0.1, 0.15) is 39.5 Å². The van der Waals surface area contributed by atoms with Crippen molar-refractivity contribution in [3.63, 3.8) is 0 Å². The van der Waals surface area contributed by atoms with Gasteiger partial charge in [0.15, 0.2) is 0 Å². The summed E-state index contributed by atoms with van der Waals surface area (Å²) in [6.45, 7) is 5.19. The monoisotopic (exact) mass is 256 g/mol. The SMILES string of the molecule is CCC1(CC)CC(Nc2nc(N)ns2)CCO1. The fraction of sp³-hybridized carbons (Fsp3) is 0.818. The van der Waals surface area contributed by atoms with Crippen molar-refractivity contribution >= 4 is 22.6 Å². The first-order valence-corrected chi connectivity index (χ1v) is 6.94. The topological polar surface area (TPSA) is 73.1 Å². The zero-order chi connectivity index (χ0) is 12.3. The number of rotatable bonds is 4. The Hall–Kier alpha value is -0.880. The molecule has 1 unspecified atom stereocenters. The van der Waals surface area contributed by atoms with Crippen LogP contribution in [0, 0.1) is 0 Å². The van der Waals surface area contributed by atoms with Crippen LogP contribution in [0.15, 0.2) is 0 Å². The van der Waals surface area contributed by atoms with Crippen molar-refractivity contribution in [1.29, 1.82) is 0 Å². The zero-order valence-corrected chi connectivity index (χ0v) is 11.2. The number of aromatic nitrogens is 2. The van der Waals surface area contributed by atoms with Crippen LogP contribution < -0.4 is 11.1 Å². The van der Waals surface area contributed by atoms with Gasteiger partial charge in [-0.2, -0.15) is 9.36 Å². The van der Waals surface area contributed by atoms with E-state index in [9.17, 15) is 0 Å². The summed E-state index contributed by atoms with van der Waals surface area (Å²) in [6.07, 6.45) is 4.15. The fourth-order valence-electron chi connectivity index (χ4n) is 2.36. The van der Waals surface area contributed by atoms with Crippen LogP contribution in [0.5, 0.6) is 0 Å². The number of ether oxygens (including phenoxy) is 1. The van der Waals surface area contributed by atoms with Gasteiger partial charge in [-0.3, -0.25) is 0 Å². The zero-order valence-electron chi connectivity index (χ0n) is 10.4. The second kappa shape index (κ2) is 5.18. The van der Waals surface area contributed by atoms with Crippen molar-refractivity contribution in [3.05, 3.63) is 0 Å². The molecule has 17 heavy (non-hydrogen) atoms. The van der Waals surface area contributed by atoms with Gasteiger partial charge in [-0.25, -0.2) is 0 Å². The Balaban J connectivity index is 1.98. The highest BCUT2D eigenvalue weighted by Crippen LogP contribution is 2.32. The summed E-state index contributed by atoms with van der Waals surface area (Å²) in [5.74, 6) is 0.349. The smallest absolute Gasteiger partial charge is 0.233 e. The molecule has 0 bridgehead atoms. The highest BCUT2D eigenvalue weighted by molar-refractivity contribution is 7.09. The van der Waals surface area contributed by atoms with Gasteiger partial charge in [0.2, 0.25) is 11.1 Å². The average Bonchev–Trinajstić information content (AvgIpc) is 2.75. The third-order valence-corrected chi connectivity index (χ3v) is 4.21. The summed E-state index contributed by atoms with van der Waals surface area (Å²) < 4.78 is 9.91. The highest BCUT2D eigenvalue weighted by atomic mass is 32.1. The third kappa shape index (κ3) is 2.87. The molecule has 0 spiro atoms. The fourth-order valence-corrected chi connectivity index (χ4v) is 2.94. The van der Waals surface area contributed by atoms with E-state index in [0.717, 1.165) is 37.4 Å². The van der Waals surface area contributed by atoms with Gasteiger partial charge in [0.25, 0.3) is 0 Å². The minimum Gasteiger partial charge on any atom is -0.375 e. The number of anilines is 2. The minimum absolute atomic E-state index is 0.0339. The molecule has 0 aliphatic carbocycles. The van der Waals surface area contributed by atoms with Crippen molar-refractivity contribution in [1.82, 2.24) is 9.36 Å². The van der Waals surface area contributed by atoms with Crippen LogP contribution >= 0.6 is 11.5 Å². The maximum absolute atomic E-state index is 5.94. The van der Waals surface area contributed by atoms with Crippen molar-refractivity contribution in [2.45, 2.75) is 51.2 Å². The molecule has 1 aliphatic heterocycles. The van der Waals surface area contributed by atoms with Gasteiger partial charge < -0.3 is 15.8 Å². The summed E-state index contributed by atoms with van der Waals surface area (Å²) in [6, 6.07) is 0.413. The van der Waals surface area contributed by atoms with E-state index in [4.69, 9.17) is 10.5 Å². The van der Waals surface area contributed by atoms with Crippen LogP contribution in [-0.2, 0) is 4.74 Å². The van der Waals surface area contributed by atoms with Gasteiger partial charge in [-0.1, -0.05) is 13.8 Å². The molecule has 1 aromatic rings. The lowest BCUT2D eigenvalue weighted by Gasteiger charge is -2.40. The third-order valence-electron chi connectivity index (χ3n) is 3.55. The second-order valence-corrected chi connectivity index (χ2v) is 5.28. The maximum Gasteiger partial charge on any atom is 0.233 e. The molecular formula is C11H20N4OS. The Morgan fingerprint density at radius 1 is 1.53 bits per heavy atom. The number of nitrogens with zero attached hydrogens (tertiary/aromatic N) is 2. The molecule has 1 aliphatic rings. The van der Waals surface area contributed by atoms with Crippen molar-refractivity contribution < 1.29 is 4.74 Å². The largest absolute Gasteiger partial charge is 0.375 e. The van der Waals surface area contributed by atoms with Crippen molar-refractivity contribution in [2.24, 2.45) is 0 Å². The first-order valence-electron chi connectivity index (χ1n) is 6.17. The van der Waals surface area contributed by atoms with E-state index in [1.807, 2.05) is 0 Å². The molecule has 2 heterocycles. The predicted octanol–water partition coefficient (Wildman–Crippen LogP) is 2.27. The summed E-state index contributed by atoms with van der Waals surface area (Å²) >= 11 is 1.32. The molecule has 5 nitrogen and oxygen atoms in total. The lowest BCUT2D eigenvalue weighted by Crippen LogP contribution is -2.43. The number of hydrogen-bond donors (Lipinski definition) is 2. The van der Waals surface area contributed by atoms with Crippen LogP contribution in [0.25, 0.3) is 0 Å². The number of nitrogens with two attached hydrogens (primary N) is 1. The van der Waals surface area contributed by atoms with E-state index in [1.165, 1.54) is 11.5 Å². The molecule has 0 saturated carbocycles. The van der Waals surface area contributed by atoms with Gasteiger partial charge in [-0.05, 0) is 25.7 Å². The Morgan fingerprint density at radius 3 is 2.88 bits per heavy atom. The standard InChI is InChI=1S/C11H20N4OS/c1-3-11(4-2)7-8(5-6-16-11)13-10-14-9(12)15-17-10/h8H,3-7H2,1-2H3,(H3,12,13,14,15). The number of hydrogen-bond acceptors (Lipinski definition) is 6. The number of nitrogen functional groups attached to an aromatic ring is 1. The Morgan fingerprint density at radius 2 is 2.29 bits per heavy atom. The molecule has 0 amide bonds. The van der Waals surface area contributed by atoms with Gasteiger partial charge in [0.05, 0.1) is 5.60 Å². The molecule has 1 fully saturated rings. The Kier molecular flexibility index (Phi) is 3.83. The van der Waals surface area contributed by atoms with Crippen molar-refractivity contribution in [3.8, 4) is 0 Å². The molecule has 0 aromatic carbocycles. The summed E-state index contributed by atoms with van der Waals surface area (Å²) in [4.78, 5) is 4.14. The second-order valence-electron chi connectivity index (χ2n) is 4.53. The lowest BCUT2D eigenvalue weighted by atomic mass is 9.86. The first-order chi connectivity index (χ1) is 8.17. The molecule has 0 radical (unpaired) electrons. The van der Waals surface area contributed by atoms with Gasteiger partial charge in [0.1, 0.15) is 0 Å². The quantitative estimate of drug-likeness (QED) is 0.864. The summed E-state index contributed by atoms with van der Waals surface area (Å²) in [7, 11) is 0. The molecule has 2 rings (SSSR count). The van der Waals surface area contributed by atoms with E-state index in [2.05, 4.69) is 28.5 Å². The van der Waals surface area contributed by atoms with Gasteiger partial charge in [-0.15, -0.1) is 0 Å². The molecule has 6 heteroatoms. The van der Waals surface area contributed by atoms with Crippen molar-refractivity contribution in [2.75, 3.05) is 17.7 Å². The maximum atomic E-state index is 5.94. The molecule has 1 atom stereocenters. The lowest BCUT2D eigenvalue weighted by molar-refractivity contribution is -0.0864. The Labute approximate surface area is 106 Å². The van der Waals surface area contributed by atoms with Crippen LogP contribution in [0.4, 0.5) is 11.1 Å². The molecule has 96 valence electrons. The van der Waals surface area contributed by atoms with E-state index >= 15 is 0 Å². The van der Waals surface area contributed by atoms with E-state index in [0.29, 0.717) is 12.0 Å². The average molecular weight is 256 g/mol. The molecular weight excluding hydrogens is 236 g/mol. The summed E-state index contributed by atoms with van der Waals surface area (Å²) in [5, 5.41) is 4.23. The molecule has 1 saturated heterocycles. The van der Waals surface area contributed by atoms with Crippen LogP contribution in [-0.4, -0.2) is 27.6 Å².